The highest BCUT2D eigenvalue weighted by molar-refractivity contribution is 7.80. The van der Waals surface area contributed by atoms with Gasteiger partial charge in [0.15, 0.2) is 5.13 Å². The standard InChI is InChI=1S/C12H19N3OS2/c1-11(2,3)7-6-18-10(14-7)15-9(16)12(4,5)8(13)17/h6H,1-5H3,(H2,13,17)(H,14,15,16). The van der Waals surface area contributed by atoms with Gasteiger partial charge in [0, 0.05) is 10.8 Å². The van der Waals surface area contributed by atoms with Crippen molar-refractivity contribution in [2.24, 2.45) is 11.1 Å². The molecule has 0 bridgehead atoms. The van der Waals surface area contributed by atoms with Crippen molar-refractivity contribution in [1.82, 2.24) is 4.98 Å². The van der Waals surface area contributed by atoms with E-state index in [0.717, 1.165) is 5.69 Å². The fraction of sp³-hybridized carbons (Fsp3) is 0.583. The van der Waals surface area contributed by atoms with Gasteiger partial charge in [-0.25, -0.2) is 4.98 Å². The number of anilines is 1. The van der Waals surface area contributed by atoms with Crippen LogP contribution in [-0.2, 0) is 10.2 Å². The molecule has 0 saturated heterocycles. The molecule has 100 valence electrons. The molecule has 0 aliphatic heterocycles. The Kier molecular flexibility index (Phi) is 4.12. The number of nitrogens with two attached hydrogens (primary N) is 1. The first-order valence-corrected chi connectivity index (χ1v) is 6.91. The average molecular weight is 285 g/mol. The summed E-state index contributed by atoms with van der Waals surface area (Å²) < 4.78 is 0. The molecule has 0 aliphatic rings. The normalized spacial score (nSPS) is 12.3. The van der Waals surface area contributed by atoms with Crippen molar-refractivity contribution in [2.45, 2.75) is 40.0 Å². The molecule has 0 radical (unpaired) electrons. The lowest BCUT2D eigenvalue weighted by Crippen LogP contribution is -2.41. The average Bonchev–Trinajstić information content (AvgIpc) is 2.65. The number of amides is 1. The number of hydrogen-bond donors (Lipinski definition) is 2. The van der Waals surface area contributed by atoms with Crippen molar-refractivity contribution in [3.05, 3.63) is 11.1 Å². The van der Waals surface area contributed by atoms with E-state index >= 15 is 0 Å². The molecule has 18 heavy (non-hydrogen) atoms. The van der Waals surface area contributed by atoms with E-state index in [1.165, 1.54) is 11.3 Å². The molecule has 1 amide bonds. The molecule has 0 aliphatic carbocycles. The Bertz CT molecular complexity index is 472. The molecule has 3 N–H and O–H groups in total. The lowest BCUT2D eigenvalue weighted by molar-refractivity contribution is -0.121. The number of hydrogen-bond acceptors (Lipinski definition) is 4. The second kappa shape index (κ2) is 4.93. The van der Waals surface area contributed by atoms with Crippen molar-refractivity contribution in [1.29, 1.82) is 0 Å². The van der Waals surface area contributed by atoms with E-state index in [2.05, 4.69) is 31.1 Å². The smallest absolute Gasteiger partial charge is 0.238 e. The highest BCUT2D eigenvalue weighted by Gasteiger charge is 2.31. The molecule has 1 aromatic rings. The van der Waals surface area contributed by atoms with Crippen LogP contribution >= 0.6 is 23.6 Å². The van der Waals surface area contributed by atoms with Gasteiger partial charge in [-0.05, 0) is 13.8 Å². The molecule has 0 saturated carbocycles. The van der Waals surface area contributed by atoms with E-state index in [0.29, 0.717) is 5.13 Å². The summed E-state index contributed by atoms with van der Waals surface area (Å²) in [6.45, 7) is 9.62. The summed E-state index contributed by atoms with van der Waals surface area (Å²) in [4.78, 5) is 16.6. The number of nitrogens with zero attached hydrogens (tertiary/aromatic N) is 1. The molecule has 0 unspecified atom stereocenters. The first-order chi connectivity index (χ1) is 8.05. The topological polar surface area (TPSA) is 68.0 Å². The fourth-order valence-corrected chi connectivity index (χ4v) is 2.07. The molecule has 4 nitrogen and oxygen atoms in total. The van der Waals surface area contributed by atoms with E-state index in [1.54, 1.807) is 13.8 Å². The molecule has 1 heterocycles. The second-order valence-corrected chi connectivity index (χ2v) is 7.03. The number of aromatic nitrogens is 1. The Hall–Kier alpha value is -1.01. The van der Waals surface area contributed by atoms with Gasteiger partial charge in [-0.15, -0.1) is 11.3 Å². The lowest BCUT2D eigenvalue weighted by Gasteiger charge is -2.21. The van der Waals surface area contributed by atoms with Crippen molar-refractivity contribution in [2.75, 3.05) is 5.32 Å². The van der Waals surface area contributed by atoms with Crippen LogP contribution in [0.25, 0.3) is 0 Å². The molecule has 6 heteroatoms. The Morgan fingerprint density at radius 3 is 2.33 bits per heavy atom. The Labute approximate surface area is 117 Å². The van der Waals surface area contributed by atoms with Crippen molar-refractivity contribution in [3.63, 3.8) is 0 Å². The molecular weight excluding hydrogens is 266 g/mol. The highest BCUT2D eigenvalue weighted by Crippen LogP contribution is 2.27. The van der Waals surface area contributed by atoms with Gasteiger partial charge in [0.25, 0.3) is 0 Å². The summed E-state index contributed by atoms with van der Waals surface area (Å²) >= 11 is 6.29. The lowest BCUT2D eigenvalue weighted by atomic mass is 9.92. The molecule has 0 spiro atoms. The first-order valence-electron chi connectivity index (χ1n) is 5.62. The third-order valence-electron chi connectivity index (χ3n) is 2.68. The van der Waals surface area contributed by atoms with Crippen LogP contribution in [0.5, 0.6) is 0 Å². The van der Waals surface area contributed by atoms with E-state index in [1.807, 2.05) is 5.38 Å². The van der Waals surface area contributed by atoms with Crippen LogP contribution in [0.3, 0.4) is 0 Å². The summed E-state index contributed by atoms with van der Waals surface area (Å²) in [5.41, 5.74) is 5.61. The van der Waals surface area contributed by atoms with E-state index in [4.69, 9.17) is 18.0 Å². The van der Waals surface area contributed by atoms with Crippen LogP contribution in [0.4, 0.5) is 5.13 Å². The van der Waals surface area contributed by atoms with Gasteiger partial charge < -0.3 is 11.1 Å². The fourth-order valence-electron chi connectivity index (χ4n) is 1.04. The quantitative estimate of drug-likeness (QED) is 0.838. The maximum atomic E-state index is 12.0. The molecule has 0 aromatic carbocycles. The van der Waals surface area contributed by atoms with Crippen LogP contribution in [0.1, 0.15) is 40.3 Å². The second-order valence-electron chi connectivity index (χ2n) is 5.73. The van der Waals surface area contributed by atoms with E-state index < -0.39 is 5.41 Å². The predicted molar refractivity (Wildman–Crippen MR) is 80.0 cm³/mol. The van der Waals surface area contributed by atoms with Gasteiger partial charge >= 0.3 is 0 Å². The molecule has 0 atom stereocenters. The highest BCUT2D eigenvalue weighted by atomic mass is 32.1. The first kappa shape index (κ1) is 15.0. The summed E-state index contributed by atoms with van der Waals surface area (Å²) in [7, 11) is 0. The van der Waals surface area contributed by atoms with E-state index in [-0.39, 0.29) is 16.3 Å². The predicted octanol–water partition coefficient (Wildman–Crippen LogP) is 2.69. The van der Waals surface area contributed by atoms with Gasteiger partial charge in [-0.1, -0.05) is 33.0 Å². The van der Waals surface area contributed by atoms with Crippen molar-refractivity contribution >= 4 is 39.6 Å². The molecular formula is C12H19N3OS2. The molecule has 1 aromatic heterocycles. The minimum Gasteiger partial charge on any atom is -0.392 e. The Morgan fingerprint density at radius 1 is 1.39 bits per heavy atom. The summed E-state index contributed by atoms with van der Waals surface area (Å²) in [6.07, 6.45) is 0. The third kappa shape index (κ3) is 3.26. The third-order valence-corrected chi connectivity index (χ3v) is 3.94. The number of nitrogens with one attached hydrogen (secondary N) is 1. The number of rotatable bonds is 3. The summed E-state index contributed by atoms with van der Waals surface area (Å²) in [6, 6.07) is 0. The number of carbonyl (C=O) groups is 1. The maximum absolute atomic E-state index is 12.0. The van der Waals surface area contributed by atoms with Gasteiger partial charge in [0.1, 0.15) is 0 Å². The molecule has 0 fully saturated rings. The largest absolute Gasteiger partial charge is 0.392 e. The maximum Gasteiger partial charge on any atom is 0.238 e. The van der Waals surface area contributed by atoms with Gasteiger partial charge in [0.05, 0.1) is 16.1 Å². The van der Waals surface area contributed by atoms with Gasteiger partial charge in [0.2, 0.25) is 5.91 Å². The van der Waals surface area contributed by atoms with Gasteiger partial charge in [-0.2, -0.15) is 0 Å². The van der Waals surface area contributed by atoms with Crippen LogP contribution in [0.2, 0.25) is 0 Å². The van der Waals surface area contributed by atoms with Crippen molar-refractivity contribution in [3.8, 4) is 0 Å². The SMILES string of the molecule is CC(C)(C(=O)Nc1nc(C(C)(C)C)cs1)C(N)=S. The summed E-state index contributed by atoms with van der Waals surface area (Å²) in [5, 5.41) is 5.28. The van der Waals surface area contributed by atoms with Crippen LogP contribution in [0.15, 0.2) is 5.38 Å². The number of carbonyl (C=O) groups excluding carboxylic acids is 1. The number of thiazole rings is 1. The Balaban J connectivity index is 2.84. The number of thiocarbonyl (C=S) groups is 1. The minimum atomic E-state index is -0.872. The van der Waals surface area contributed by atoms with Gasteiger partial charge in [-0.3, -0.25) is 4.79 Å². The minimum absolute atomic E-state index is 0.0296. The van der Waals surface area contributed by atoms with E-state index in [9.17, 15) is 4.79 Å². The zero-order valence-electron chi connectivity index (χ0n) is 11.3. The Morgan fingerprint density at radius 2 is 1.94 bits per heavy atom. The zero-order valence-corrected chi connectivity index (χ0v) is 13.0. The van der Waals surface area contributed by atoms with Crippen LogP contribution in [0, 0.1) is 5.41 Å². The summed E-state index contributed by atoms with van der Waals surface area (Å²) in [5.74, 6) is -0.232. The zero-order chi connectivity index (χ0) is 14.1. The van der Waals surface area contributed by atoms with Crippen LogP contribution in [-0.4, -0.2) is 15.9 Å². The molecule has 1 rings (SSSR count). The van der Waals surface area contributed by atoms with Crippen LogP contribution < -0.4 is 11.1 Å². The van der Waals surface area contributed by atoms with Crippen molar-refractivity contribution < 1.29 is 4.79 Å². The monoisotopic (exact) mass is 285 g/mol.